The molecule has 24 heteroatoms. The highest BCUT2D eigenvalue weighted by Gasteiger charge is 2.43. The van der Waals surface area contributed by atoms with Crippen LogP contribution in [0.4, 0.5) is 43.9 Å². The minimum absolute atomic E-state index is 0.0809. The van der Waals surface area contributed by atoms with E-state index in [9.17, 15) is 60.7 Å². The van der Waals surface area contributed by atoms with Gasteiger partial charge in [0.1, 0.15) is 31.8 Å². The number of hydrogen-bond donors (Lipinski definition) is 0. The summed E-state index contributed by atoms with van der Waals surface area (Å²) in [6.45, 7) is -2.37. The van der Waals surface area contributed by atoms with E-state index < -0.39 is 112 Å². The topological polar surface area (TPSA) is 113 Å². The Labute approximate surface area is 300 Å². The van der Waals surface area contributed by atoms with Gasteiger partial charge in [0.15, 0.2) is 13.2 Å². The predicted molar refractivity (Wildman–Crippen MR) is 166 cm³/mol. The quantitative estimate of drug-likeness (QED) is 0.116. The summed E-state index contributed by atoms with van der Waals surface area (Å²) in [7, 11) is -8.36. The molecular weight excluding hydrogens is 837 g/mol. The Hall–Kier alpha value is -2.92. The van der Waals surface area contributed by atoms with Crippen molar-refractivity contribution in [2.24, 2.45) is 0 Å². The number of halogens is 12. The lowest BCUT2D eigenvalue weighted by molar-refractivity contribution is -0.148. The Bertz CT molecular complexity index is 2030. The molecule has 0 bridgehead atoms. The second kappa shape index (κ2) is 16.8. The van der Waals surface area contributed by atoms with Crippen LogP contribution in [0.3, 0.4) is 0 Å². The van der Waals surface area contributed by atoms with E-state index in [1.807, 2.05) is 0 Å². The zero-order valence-corrected chi connectivity index (χ0v) is 29.8. The molecule has 4 aromatic rings. The van der Waals surface area contributed by atoms with Crippen molar-refractivity contribution in [1.82, 2.24) is 9.97 Å². The van der Waals surface area contributed by atoms with E-state index in [1.54, 1.807) is 0 Å². The smallest absolute Gasteiger partial charge is 0.340 e. The standard InChI is InChI=1S/C14H11ClF5NO3S2.C13H9ClF5NO3S2/c1-7(26(22,23)13-21-5-10(15)25-13)11-8(16)3-2-4-9(11)24-6-14(19,20)12(17)18;14-10-4-20-12(24-10)25(21,22)5-7-8(15)2-1-3-9(7)23-6-13(18,19)11(16)17/h2-5,7,12H,6H2,1H3;1-4,11H,5-6H2. The maximum absolute atomic E-state index is 14.2. The fraction of sp³-hybridized carbons (Fsp3) is 0.333. The average Bonchev–Trinajstić information content (AvgIpc) is 3.69. The third kappa shape index (κ3) is 10.8. The van der Waals surface area contributed by atoms with Gasteiger partial charge >= 0.3 is 24.7 Å². The molecule has 51 heavy (non-hydrogen) atoms. The van der Waals surface area contributed by atoms with Crippen molar-refractivity contribution in [3.05, 3.63) is 80.2 Å². The molecule has 0 aliphatic rings. The van der Waals surface area contributed by atoms with Gasteiger partial charge in [0.05, 0.1) is 23.4 Å². The first-order valence-electron chi connectivity index (χ1n) is 13.3. The van der Waals surface area contributed by atoms with Gasteiger partial charge in [-0.25, -0.2) is 53.1 Å². The van der Waals surface area contributed by atoms with Crippen LogP contribution >= 0.6 is 45.9 Å². The summed E-state index contributed by atoms with van der Waals surface area (Å²) < 4.78 is 187. The van der Waals surface area contributed by atoms with Crippen LogP contribution in [-0.4, -0.2) is 64.7 Å². The molecule has 0 saturated carbocycles. The molecule has 4 rings (SSSR count). The SMILES string of the molecule is CC(c1c(F)cccc1OCC(F)(F)C(F)F)S(=O)(=O)c1ncc(Cl)s1.O=S(=O)(Cc1c(F)cccc1OCC(F)(F)C(F)F)c1ncc(Cl)s1. The van der Waals surface area contributed by atoms with Gasteiger partial charge in [0.2, 0.25) is 28.4 Å². The molecule has 2 aromatic carbocycles. The lowest BCUT2D eigenvalue weighted by Crippen LogP contribution is -2.34. The molecule has 2 aromatic heterocycles. The Kier molecular flexibility index (Phi) is 14.0. The first-order valence-corrected chi connectivity index (χ1v) is 18.9. The number of hydrogen-bond acceptors (Lipinski definition) is 10. The highest BCUT2D eigenvalue weighted by molar-refractivity contribution is 7.93. The predicted octanol–water partition coefficient (Wildman–Crippen LogP) is 8.94. The van der Waals surface area contributed by atoms with Gasteiger partial charge in [0, 0.05) is 11.1 Å². The maximum atomic E-state index is 14.2. The summed E-state index contributed by atoms with van der Waals surface area (Å²) in [5.74, 6) is -13.2. The van der Waals surface area contributed by atoms with Crippen LogP contribution in [0.2, 0.25) is 8.67 Å². The molecule has 0 spiro atoms. The number of thiazole rings is 2. The van der Waals surface area contributed by atoms with E-state index in [-0.39, 0.29) is 8.67 Å². The number of sulfone groups is 2. The summed E-state index contributed by atoms with van der Waals surface area (Å²) >= 11 is 12.5. The molecule has 1 atom stereocenters. The lowest BCUT2D eigenvalue weighted by atomic mass is 10.1. The number of ether oxygens (including phenoxy) is 2. The molecular formula is C27H20Cl2F10N2O6S4. The number of rotatable bonds is 14. The Balaban J connectivity index is 0.000000276. The van der Waals surface area contributed by atoms with Gasteiger partial charge in [-0.15, -0.1) is 0 Å². The lowest BCUT2D eigenvalue weighted by Gasteiger charge is -2.20. The molecule has 8 nitrogen and oxygen atoms in total. The maximum Gasteiger partial charge on any atom is 0.340 e. The van der Waals surface area contributed by atoms with Crippen molar-refractivity contribution in [1.29, 1.82) is 0 Å². The second-order valence-corrected chi connectivity index (χ2v) is 17.8. The molecule has 1 unspecified atom stereocenters. The zero-order chi connectivity index (χ0) is 38.5. The largest absolute Gasteiger partial charge is 0.487 e. The molecule has 0 aliphatic heterocycles. The summed E-state index contributed by atoms with van der Waals surface area (Å²) in [4.78, 5) is 7.19. The zero-order valence-electron chi connectivity index (χ0n) is 25.0. The number of benzene rings is 2. The van der Waals surface area contributed by atoms with Gasteiger partial charge in [-0.2, -0.15) is 17.6 Å². The molecule has 282 valence electrons. The van der Waals surface area contributed by atoms with Crippen molar-refractivity contribution >= 4 is 65.5 Å². The van der Waals surface area contributed by atoms with Crippen molar-refractivity contribution in [3.63, 3.8) is 0 Å². The van der Waals surface area contributed by atoms with Crippen LogP contribution in [0.5, 0.6) is 11.5 Å². The second-order valence-electron chi connectivity index (χ2n) is 9.88. The molecule has 0 radical (unpaired) electrons. The van der Waals surface area contributed by atoms with Gasteiger partial charge in [0.25, 0.3) is 0 Å². The number of alkyl halides is 8. The van der Waals surface area contributed by atoms with Gasteiger partial charge in [-0.1, -0.05) is 58.0 Å². The van der Waals surface area contributed by atoms with E-state index >= 15 is 0 Å². The summed E-state index contributed by atoms with van der Waals surface area (Å²) in [6.07, 6.45) is -5.79. The van der Waals surface area contributed by atoms with E-state index in [0.29, 0.717) is 22.7 Å². The highest BCUT2D eigenvalue weighted by atomic mass is 35.5. The van der Waals surface area contributed by atoms with Crippen LogP contribution in [0.25, 0.3) is 0 Å². The van der Waals surface area contributed by atoms with Crippen LogP contribution < -0.4 is 9.47 Å². The molecule has 0 fully saturated rings. The highest BCUT2D eigenvalue weighted by Crippen LogP contribution is 2.39. The van der Waals surface area contributed by atoms with Crippen LogP contribution in [0.1, 0.15) is 23.3 Å². The van der Waals surface area contributed by atoms with E-state index in [1.165, 1.54) is 0 Å². The first-order chi connectivity index (χ1) is 23.5. The van der Waals surface area contributed by atoms with Crippen molar-refractivity contribution < 1.29 is 70.2 Å². The first kappa shape index (κ1) is 42.5. The van der Waals surface area contributed by atoms with E-state index in [0.717, 1.165) is 55.7 Å². The van der Waals surface area contributed by atoms with Gasteiger partial charge in [-0.3, -0.25) is 0 Å². The molecule has 0 saturated heterocycles. The van der Waals surface area contributed by atoms with E-state index in [2.05, 4.69) is 19.4 Å². The third-order valence-electron chi connectivity index (χ3n) is 6.20. The summed E-state index contributed by atoms with van der Waals surface area (Å²) in [5, 5.41) is -1.58. The monoisotopic (exact) mass is 856 g/mol. The van der Waals surface area contributed by atoms with Crippen molar-refractivity contribution in [2.45, 2.75) is 51.3 Å². The molecule has 0 amide bonds. The minimum atomic E-state index is -4.48. The van der Waals surface area contributed by atoms with E-state index in [4.69, 9.17) is 23.2 Å². The average molecular weight is 858 g/mol. The molecule has 0 aliphatic carbocycles. The van der Waals surface area contributed by atoms with Gasteiger partial charge in [-0.05, 0) is 31.2 Å². The third-order valence-corrected chi connectivity index (χ3v) is 13.0. The fourth-order valence-electron chi connectivity index (χ4n) is 3.64. The van der Waals surface area contributed by atoms with Gasteiger partial charge < -0.3 is 9.47 Å². The Morgan fingerprint density at radius 2 is 1.20 bits per heavy atom. The fourth-order valence-corrected chi connectivity index (χ4v) is 9.36. The van der Waals surface area contributed by atoms with Crippen molar-refractivity contribution in [2.75, 3.05) is 13.2 Å². The minimum Gasteiger partial charge on any atom is -0.487 e. The summed E-state index contributed by atoms with van der Waals surface area (Å²) in [6, 6.07) is 5.95. The molecule has 0 N–H and O–H groups in total. The van der Waals surface area contributed by atoms with Crippen molar-refractivity contribution in [3.8, 4) is 11.5 Å². The Morgan fingerprint density at radius 1 is 0.745 bits per heavy atom. The number of nitrogens with zero attached hydrogens (tertiary/aromatic N) is 2. The normalized spacial score (nSPS) is 13.2. The Morgan fingerprint density at radius 3 is 1.67 bits per heavy atom. The number of aromatic nitrogens is 2. The van der Waals surface area contributed by atoms with Crippen LogP contribution in [0.15, 0.2) is 57.5 Å². The summed E-state index contributed by atoms with van der Waals surface area (Å²) in [5.41, 5.74) is -1.14. The van der Waals surface area contributed by atoms with Crippen LogP contribution in [0, 0.1) is 11.6 Å². The molecule has 2 heterocycles. The van der Waals surface area contributed by atoms with Crippen LogP contribution in [-0.2, 0) is 25.4 Å².